The lowest BCUT2D eigenvalue weighted by Gasteiger charge is -2.19. The number of aliphatic hydroxyl groups is 1. The second-order valence-corrected chi connectivity index (χ2v) is 3.72. The van der Waals surface area contributed by atoms with Crippen LogP contribution in [0.25, 0.3) is 0 Å². The Kier molecular flexibility index (Phi) is 3.98. The van der Waals surface area contributed by atoms with Crippen LogP contribution in [0.2, 0.25) is 0 Å². The Morgan fingerprint density at radius 1 is 1.58 bits per heavy atom. The third-order valence-corrected chi connectivity index (χ3v) is 2.40. The first kappa shape index (κ1) is 9.96. The van der Waals surface area contributed by atoms with Gasteiger partial charge in [-0.15, -0.1) is 0 Å². The molecule has 1 aliphatic rings. The first-order valence-electron chi connectivity index (χ1n) is 4.77. The molecule has 0 aliphatic heterocycles. The molecule has 1 unspecified atom stereocenters. The summed E-state index contributed by atoms with van der Waals surface area (Å²) in [5.74, 6) is 0. The van der Waals surface area contributed by atoms with E-state index in [-0.39, 0.29) is 6.10 Å². The molecule has 0 radical (unpaired) electrons. The third kappa shape index (κ3) is 3.52. The van der Waals surface area contributed by atoms with E-state index in [9.17, 15) is 5.11 Å². The van der Waals surface area contributed by atoms with Gasteiger partial charge in [0.15, 0.2) is 0 Å². The molecule has 0 heterocycles. The minimum atomic E-state index is -0.164. The highest BCUT2D eigenvalue weighted by Crippen LogP contribution is 2.25. The fraction of sp³-hybridized carbons (Fsp3) is 1.00. The predicted molar refractivity (Wildman–Crippen MR) is 50.2 cm³/mol. The average molecular weight is 172 g/mol. The highest BCUT2D eigenvalue weighted by Gasteiger charge is 2.26. The van der Waals surface area contributed by atoms with Crippen molar-refractivity contribution in [3.63, 3.8) is 0 Å². The molecule has 1 rings (SSSR count). The first-order valence-corrected chi connectivity index (χ1v) is 4.77. The van der Waals surface area contributed by atoms with E-state index in [0.29, 0.717) is 0 Å². The molecule has 3 nitrogen and oxygen atoms in total. The lowest BCUT2D eigenvalue weighted by Crippen LogP contribution is -2.32. The zero-order valence-corrected chi connectivity index (χ0v) is 8.08. The standard InChI is InChI=1S/C9H20N2O/c1-10-6-5-9(12)7-11(2)8-3-4-8/h8-10,12H,3-7H2,1-2H3. The second-order valence-electron chi connectivity index (χ2n) is 3.72. The normalized spacial score (nSPS) is 20.0. The highest BCUT2D eigenvalue weighted by atomic mass is 16.3. The first-order chi connectivity index (χ1) is 5.74. The van der Waals surface area contributed by atoms with Crippen molar-refractivity contribution < 1.29 is 5.11 Å². The summed E-state index contributed by atoms with van der Waals surface area (Å²) in [6, 6.07) is 0.759. The number of rotatable bonds is 6. The van der Waals surface area contributed by atoms with E-state index >= 15 is 0 Å². The van der Waals surface area contributed by atoms with Crippen molar-refractivity contribution in [1.29, 1.82) is 0 Å². The molecule has 0 aromatic rings. The molecule has 1 atom stereocenters. The molecular formula is C9H20N2O. The molecule has 0 aromatic carbocycles. The Bertz CT molecular complexity index is 126. The van der Waals surface area contributed by atoms with Gasteiger partial charge in [-0.3, -0.25) is 0 Å². The fourth-order valence-electron chi connectivity index (χ4n) is 1.40. The van der Waals surface area contributed by atoms with Crippen molar-refractivity contribution in [2.45, 2.75) is 31.4 Å². The van der Waals surface area contributed by atoms with E-state index in [2.05, 4.69) is 17.3 Å². The van der Waals surface area contributed by atoms with Crippen molar-refractivity contribution in [3.05, 3.63) is 0 Å². The minimum absolute atomic E-state index is 0.164. The molecule has 0 spiro atoms. The van der Waals surface area contributed by atoms with Crippen LogP contribution in [0.15, 0.2) is 0 Å². The van der Waals surface area contributed by atoms with Crippen molar-refractivity contribution >= 4 is 0 Å². The number of hydrogen-bond donors (Lipinski definition) is 2. The Morgan fingerprint density at radius 2 is 2.25 bits per heavy atom. The lowest BCUT2D eigenvalue weighted by molar-refractivity contribution is 0.115. The number of nitrogens with zero attached hydrogens (tertiary/aromatic N) is 1. The molecule has 3 heteroatoms. The van der Waals surface area contributed by atoms with E-state index in [0.717, 1.165) is 25.6 Å². The Labute approximate surface area is 74.8 Å². The summed E-state index contributed by atoms with van der Waals surface area (Å²) in [7, 11) is 4.01. The van der Waals surface area contributed by atoms with Gasteiger partial charge in [-0.1, -0.05) is 0 Å². The SMILES string of the molecule is CNCCC(O)CN(C)C1CC1. The maximum Gasteiger partial charge on any atom is 0.0679 e. The van der Waals surface area contributed by atoms with E-state index < -0.39 is 0 Å². The zero-order valence-electron chi connectivity index (χ0n) is 8.08. The van der Waals surface area contributed by atoms with Crippen LogP contribution in [0.3, 0.4) is 0 Å². The summed E-state index contributed by atoms with van der Waals surface area (Å²) in [5, 5.41) is 12.6. The van der Waals surface area contributed by atoms with Gasteiger partial charge in [-0.25, -0.2) is 0 Å². The molecular weight excluding hydrogens is 152 g/mol. The molecule has 0 amide bonds. The van der Waals surface area contributed by atoms with Crippen LogP contribution >= 0.6 is 0 Å². The van der Waals surface area contributed by atoms with Crippen LogP contribution in [-0.4, -0.2) is 49.3 Å². The summed E-state index contributed by atoms with van der Waals surface area (Å²) in [6.45, 7) is 1.73. The molecule has 1 aliphatic carbocycles. The summed E-state index contributed by atoms with van der Waals surface area (Å²) >= 11 is 0. The van der Waals surface area contributed by atoms with Crippen molar-refractivity contribution in [2.75, 3.05) is 27.2 Å². The number of aliphatic hydroxyl groups excluding tert-OH is 1. The van der Waals surface area contributed by atoms with Crippen LogP contribution < -0.4 is 5.32 Å². The maximum atomic E-state index is 9.55. The van der Waals surface area contributed by atoms with Crippen LogP contribution in [0.1, 0.15) is 19.3 Å². The van der Waals surface area contributed by atoms with Gasteiger partial charge >= 0.3 is 0 Å². The highest BCUT2D eigenvalue weighted by molar-refractivity contribution is 4.83. The van der Waals surface area contributed by atoms with E-state index in [1.807, 2.05) is 7.05 Å². The van der Waals surface area contributed by atoms with E-state index in [4.69, 9.17) is 0 Å². The molecule has 0 aromatic heterocycles. The second kappa shape index (κ2) is 4.80. The third-order valence-electron chi connectivity index (χ3n) is 2.40. The quantitative estimate of drug-likeness (QED) is 0.594. The predicted octanol–water partition coefficient (Wildman–Crippen LogP) is 0.0510. The summed E-state index contributed by atoms with van der Waals surface area (Å²) < 4.78 is 0. The number of nitrogens with one attached hydrogen (secondary N) is 1. The van der Waals surface area contributed by atoms with Crippen LogP contribution in [0, 0.1) is 0 Å². The minimum Gasteiger partial charge on any atom is -0.392 e. The molecule has 2 N–H and O–H groups in total. The van der Waals surface area contributed by atoms with Crippen LogP contribution in [0.5, 0.6) is 0 Å². The van der Waals surface area contributed by atoms with Crippen LogP contribution in [-0.2, 0) is 0 Å². The Hall–Kier alpha value is -0.120. The van der Waals surface area contributed by atoms with Gasteiger partial charge in [0.2, 0.25) is 0 Å². The maximum absolute atomic E-state index is 9.55. The Balaban J connectivity index is 2.03. The topological polar surface area (TPSA) is 35.5 Å². The molecule has 1 saturated carbocycles. The van der Waals surface area contributed by atoms with Crippen molar-refractivity contribution in [1.82, 2.24) is 10.2 Å². The fourth-order valence-corrected chi connectivity index (χ4v) is 1.40. The van der Waals surface area contributed by atoms with Gasteiger partial charge in [-0.05, 0) is 39.9 Å². The van der Waals surface area contributed by atoms with Gasteiger partial charge < -0.3 is 15.3 Å². The monoisotopic (exact) mass is 172 g/mol. The smallest absolute Gasteiger partial charge is 0.0679 e. The van der Waals surface area contributed by atoms with Crippen molar-refractivity contribution in [2.24, 2.45) is 0 Å². The van der Waals surface area contributed by atoms with Gasteiger partial charge in [0.25, 0.3) is 0 Å². The van der Waals surface area contributed by atoms with Crippen LogP contribution in [0.4, 0.5) is 0 Å². The number of likely N-dealkylation sites (N-methyl/N-ethyl adjacent to an activating group) is 1. The van der Waals surface area contributed by atoms with Gasteiger partial charge in [0.1, 0.15) is 0 Å². The van der Waals surface area contributed by atoms with Gasteiger partial charge in [0.05, 0.1) is 6.10 Å². The zero-order chi connectivity index (χ0) is 8.97. The summed E-state index contributed by atoms with van der Waals surface area (Å²) in [4.78, 5) is 2.26. The molecule has 0 bridgehead atoms. The van der Waals surface area contributed by atoms with Gasteiger partial charge in [-0.2, -0.15) is 0 Å². The molecule has 0 saturated heterocycles. The molecule has 72 valence electrons. The largest absolute Gasteiger partial charge is 0.392 e. The lowest BCUT2D eigenvalue weighted by atomic mass is 10.2. The van der Waals surface area contributed by atoms with Gasteiger partial charge in [0, 0.05) is 12.6 Å². The molecule has 12 heavy (non-hydrogen) atoms. The summed E-state index contributed by atoms with van der Waals surface area (Å²) in [5.41, 5.74) is 0. The van der Waals surface area contributed by atoms with E-state index in [1.54, 1.807) is 0 Å². The average Bonchev–Trinajstić information content (AvgIpc) is 2.82. The Morgan fingerprint density at radius 3 is 2.75 bits per heavy atom. The summed E-state index contributed by atoms with van der Waals surface area (Å²) in [6.07, 6.45) is 3.32. The molecule has 1 fully saturated rings. The van der Waals surface area contributed by atoms with Crippen molar-refractivity contribution in [3.8, 4) is 0 Å². The van der Waals surface area contributed by atoms with E-state index in [1.165, 1.54) is 12.8 Å². The number of hydrogen-bond acceptors (Lipinski definition) is 3.